The predicted octanol–water partition coefficient (Wildman–Crippen LogP) is 3.42. The number of likely N-dealkylation sites (tertiary alicyclic amines) is 1. The lowest BCUT2D eigenvalue weighted by Gasteiger charge is -2.27. The summed E-state index contributed by atoms with van der Waals surface area (Å²) in [5.74, 6) is -1.21. The molecule has 2 amide bonds. The van der Waals surface area contributed by atoms with E-state index in [1.165, 1.54) is 0 Å². The molecule has 10 heteroatoms. The molecule has 1 aliphatic rings. The van der Waals surface area contributed by atoms with E-state index in [-0.39, 0.29) is 6.42 Å². The molecule has 3 rings (SSSR count). The first-order valence-electron chi connectivity index (χ1n) is 11.3. The van der Waals surface area contributed by atoms with E-state index in [4.69, 9.17) is 5.11 Å². The van der Waals surface area contributed by atoms with Crippen LogP contribution in [0.25, 0.3) is 0 Å². The molecular formula is C25H29F4N3O3. The molecule has 0 saturated carbocycles. The van der Waals surface area contributed by atoms with Gasteiger partial charge in [-0.05, 0) is 22.6 Å². The highest BCUT2D eigenvalue weighted by molar-refractivity contribution is 5.89. The van der Waals surface area contributed by atoms with Crippen molar-refractivity contribution in [3.05, 3.63) is 71.3 Å². The van der Waals surface area contributed by atoms with E-state index < -0.39 is 55.6 Å². The smallest absolute Gasteiger partial charge is 0.370 e. The molecular weight excluding hydrogens is 466 g/mol. The van der Waals surface area contributed by atoms with Gasteiger partial charge in [0.15, 0.2) is 0 Å². The number of hydrogen-bond acceptors (Lipinski definition) is 4. The topological polar surface area (TPSA) is 81.7 Å². The Morgan fingerprint density at radius 3 is 2.17 bits per heavy atom. The Morgan fingerprint density at radius 1 is 1.03 bits per heavy atom. The quantitative estimate of drug-likeness (QED) is 0.387. The van der Waals surface area contributed by atoms with E-state index in [1.807, 2.05) is 54.6 Å². The van der Waals surface area contributed by atoms with Crippen molar-refractivity contribution in [2.24, 2.45) is 0 Å². The molecule has 0 bridgehead atoms. The maximum Gasteiger partial charge on any atom is 0.427 e. The number of aliphatic hydroxyl groups excluding tert-OH is 1. The summed E-state index contributed by atoms with van der Waals surface area (Å²) in [6.07, 6.45) is -9.63. The number of alkyl halides is 4. The van der Waals surface area contributed by atoms with E-state index in [2.05, 4.69) is 19.2 Å². The standard InChI is InChI=1S/C25H29F4N3O3/c1-15(2)16-8-10-18(11-9-16)22(17-6-4-3-5-7-17)31-23(34)20-12-19(26)14-32(20)21(33)13-30-24(35)25(27,28)29/h3-11,15,19-20,22,24,30,35H,12-14H2,1-2H3,(H,31,34)/t19-,20+,22+,24?/m1/s1. The van der Waals surface area contributed by atoms with E-state index in [0.717, 1.165) is 21.6 Å². The van der Waals surface area contributed by atoms with Crippen LogP contribution in [0.1, 0.15) is 48.9 Å². The fourth-order valence-electron chi connectivity index (χ4n) is 4.03. The van der Waals surface area contributed by atoms with Crippen molar-refractivity contribution in [1.29, 1.82) is 0 Å². The van der Waals surface area contributed by atoms with Crippen molar-refractivity contribution in [2.45, 2.75) is 56.8 Å². The van der Waals surface area contributed by atoms with Crippen LogP contribution in [0.3, 0.4) is 0 Å². The molecule has 1 aliphatic heterocycles. The van der Waals surface area contributed by atoms with Gasteiger partial charge in [-0.1, -0.05) is 68.4 Å². The normalized spacial score (nSPS) is 20.1. The van der Waals surface area contributed by atoms with Gasteiger partial charge in [-0.25, -0.2) is 4.39 Å². The zero-order chi connectivity index (χ0) is 25.8. The van der Waals surface area contributed by atoms with Crippen molar-refractivity contribution < 1.29 is 32.3 Å². The third kappa shape index (κ3) is 6.79. The number of halogens is 4. The Kier molecular flexibility index (Phi) is 8.50. The summed E-state index contributed by atoms with van der Waals surface area (Å²) >= 11 is 0. The monoisotopic (exact) mass is 495 g/mol. The molecule has 1 heterocycles. The minimum atomic E-state index is -4.96. The molecule has 4 atom stereocenters. The number of nitrogens with one attached hydrogen (secondary N) is 2. The van der Waals surface area contributed by atoms with Gasteiger partial charge in [-0.15, -0.1) is 0 Å². The average Bonchev–Trinajstić information content (AvgIpc) is 3.22. The number of nitrogens with zero attached hydrogens (tertiary/aromatic N) is 1. The van der Waals surface area contributed by atoms with Crippen LogP contribution in [-0.4, -0.2) is 59.5 Å². The predicted molar refractivity (Wildman–Crippen MR) is 122 cm³/mol. The minimum Gasteiger partial charge on any atom is -0.370 e. The number of aliphatic hydroxyl groups is 1. The van der Waals surface area contributed by atoms with Crippen LogP contribution in [0.15, 0.2) is 54.6 Å². The molecule has 2 aromatic rings. The molecule has 0 aromatic heterocycles. The van der Waals surface area contributed by atoms with E-state index in [9.17, 15) is 27.2 Å². The minimum absolute atomic E-state index is 0.271. The van der Waals surface area contributed by atoms with Crippen molar-refractivity contribution in [3.8, 4) is 0 Å². The zero-order valence-corrected chi connectivity index (χ0v) is 19.4. The van der Waals surface area contributed by atoms with E-state index in [0.29, 0.717) is 5.92 Å². The fraction of sp³-hybridized carbons (Fsp3) is 0.440. The summed E-state index contributed by atoms with van der Waals surface area (Å²) < 4.78 is 51.8. The highest BCUT2D eigenvalue weighted by Gasteiger charge is 2.42. The zero-order valence-electron chi connectivity index (χ0n) is 19.4. The second kappa shape index (κ2) is 11.2. The van der Waals surface area contributed by atoms with E-state index in [1.54, 1.807) is 5.32 Å². The Labute approximate surface area is 201 Å². The maximum atomic E-state index is 14.2. The van der Waals surface area contributed by atoms with E-state index >= 15 is 0 Å². The first-order valence-corrected chi connectivity index (χ1v) is 11.3. The first kappa shape index (κ1) is 26.6. The summed E-state index contributed by atoms with van der Waals surface area (Å²) in [5.41, 5.74) is 2.69. The second-order valence-corrected chi connectivity index (χ2v) is 8.89. The molecule has 1 fully saturated rings. The van der Waals surface area contributed by atoms with Crippen LogP contribution in [-0.2, 0) is 9.59 Å². The Balaban J connectivity index is 1.78. The summed E-state index contributed by atoms with van der Waals surface area (Å²) in [6.45, 7) is 2.82. The third-order valence-electron chi connectivity index (χ3n) is 5.99. The van der Waals surface area contributed by atoms with Gasteiger partial charge in [0.25, 0.3) is 0 Å². The van der Waals surface area contributed by atoms with Crippen LogP contribution in [0, 0.1) is 0 Å². The number of carbonyl (C=O) groups is 2. The van der Waals surface area contributed by atoms with Crippen LogP contribution in [0.4, 0.5) is 17.6 Å². The lowest BCUT2D eigenvalue weighted by atomic mass is 9.95. The Hall–Kier alpha value is -2.98. The highest BCUT2D eigenvalue weighted by atomic mass is 19.4. The number of benzene rings is 2. The summed E-state index contributed by atoms with van der Waals surface area (Å²) in [5, 5.41) is 13.6. The third-order valence-corrected chi connectivity index (χ3v) is 5.99. The molecule has 1 unspecified atom stereocenters. The van der Waals surface area contributed by atoms with Crippen molar-refractivity contribution in [1.82, 2.24) is 15.5 Å². The number of hydrogen-bond donors (Lipinski definition) is 3. The highest BCUT2D eigenvalue weighted by Crippen LogP contribution is 2.27. The molecule has 1 saturated heterocycles. The van der Waals surface area contributed by atoms with Gasteiger partial charge in [0.1, 0.15) is 12.2 Å². The molecule has 0 spiro atoms. The first-order chi connectivity index (χ1) is 16.5. The fourth-order valence-corrected chi connectivity index (χ4v) is 4.03. The van der Waals surface area contributed by atoms with Crippen LogP contribution in [0.5, 0.6) is 0 Å². The molecule has 0 aliphatic carbocycles. The van der Waals surface area contributed by atoms with Gasteiger partial charge in [-0.3, -0.25) is 14.9 Å². The largest absolute Gasteiger partial charge is 0.427 e. The van der Waals surface area contributed by atoms with Gasteiger partial charge in [-0.2, -0.15) is 13.2 Å². The Morgan fingerprint density at radius 2 is 1.60 bits per heavy atom. The number of amides is 2. The SMILES string of the molecule is CC(C)c1ccc([C@@H](NC(=O)[C@@H]2C[C@@H](F)CN2C(=O)CNC(O)C(F)(F)F)c2ccccc2)cc1. The maximum absolute atomic E-state index is 14.2. The summed E-state index contributed by atoms with van der Waals surface area (Å²) in [4.78, 5) is 26.6. The van der Waals surface area contributed by atoms with Crippen LogP contribution >= 0.6 is 0 Å². The lowest BCUT2D eigenvalue weighted by Crippen LogP contribution is -2.51. The molecule has 0 radical (unpaired) electrons. The summed E-state index contributed by atoms with van der Waals surface area (Å²) in [6, 6.07) is 15.1. The molecule has 6 nitrogen and oxygen atoms in total. The van der Waals surface area contributed by atoms with Crippen LogP contribution in [0.2, 0.25) is 0 Å². The van der Waals surface area contributed by atoms with Gasteiger partial charge >= 0.3 is 6.18 Å². The second-order valence-electron chi connectivity index (χ2n) is 8.89. The van der Waals surface area contributed by atoms with Crippen molar-refractivity contribution in [2.75, 3.05) is 13.1 Å². The van der Waals surface area contributed by atoms with Gasteiger partial charge in [0.2, 0.25) is 18.0 Å². The van der Waals surface area contributed by atoms with Crippen molar-refractivity contribution >= 4 is 11.8 Å². The molecule has 35 heavy (non-hydrogen) atoms. The van der Waals surface area contributed by atoms with Gasteiger partial charge in [0, 0.05) is 6.42 Å². The van der Waals surface area contributed by atoms with Crippen molar-refractivity contribution in [3.63, 3.8) is 0 Å². The number of rotatable bonds is 8. The molecule has 3 N–H and O–H groups in total. The lowest BCUT2D eigenvalue weighted by molar-refractivity contribution is -0.213. The molecule has 190 valence electrons. The van der Waals surface area contributed by atoms with Gasteiger partial charge in [0.05, 0.1) is 19.1 Å². The number of carbonyl (C=O) groups excluding carboxylic acids is 2. The Bertz CT molecular complexity index is 999. The van der Waals surface area contributed by atoms with Crippen LogP contribution < -0.4 is 10.6 Å². The van der Waals surface area contributed by atoms with Gasteiger partial charge < -0.3 is 15.3 Å². The summed E-state index contributed by atoms with van der Waals surface area (Å²) in [7, 11) is 0. The average molecular weight is 496 g/mol. The molecule has 2 aromatic carbocycles.